The molecular formula is C15H20BrN3O2. The number of aryl methyl sites for hydroxylation is 1. The van der Waals surface area contributed by atoms with Crippen molar-refractivity contribution in [3.63, 3.8) is 0 Å². The number of hydrogen-bond donors (Lipinski definition) is 1. The van der Waals surface area contributed by atoms with Gasteiger partial charge >= 0.3 is 0 Å². The van der Waals surface area contributed by atoms with E-state index < -0.39 is 0 Å². The van der Waals surface area contributed by atoms with Gasteiger partial charge < -0.3 is 14.6 Å². The third-order valence-corrected chi connectivity index (χ3v) is 3.38. The summed E-state index contributed by atoms with van der Waals surface area (Å²) in [5, 5.41) is 7.15. The molecule has 0 aliphatic heterocycles. The number of benzene rings is 1. The van der Waals surface area contributed by atoms with Crippen LogP contribution < -0.4 is 10.1 Å². The van der Waals surface area contributed by atoms with Gasteiger partial charge in [-0.15, -0.1) is 0 Å². The van der Waals surface area contributed by atoms with Gasteiger partial charge in [-0.2, -0.15) is 4.98 Å². The third kappa shape index (κ3) is 5.13. The molecule has 6 heteroatoms. The SMILES string of the molecule is CCCOc1ccc(Br)cc1CNCCc1nc(C)no1. The van der Waals surface area contributed by atoms with Gasteiger partial charge in [0.05, 0.1) is 6.61 Å². The molecule has 0 amide bonds. The average molecular weight is 354 g/mol. The first-order chi connectivity index (χ1) is 10.2. The lowest BCUT2D eigenvalue weighted by Gasteiger charge is -2.12. The van der Waals surface area contributed by atoms with Crippen LogP contribution >= 0.6 is 15.9 Å². The van der Waals surface area contributed by atoms with Crippen LogP contribution in [0.2, 0.25) is 0 Å². The molecule has 0 aliphatic rings. The molecule has 0 unspecified atom stereocenters. The summed E-state index contributed by atoms with van der Waals surface area (Å²) in [5.41, 5.74) is 1.14. The van der Waals surface area contributed by atoms with E-state index in [4.69, 9.17) is 9.26 Å². The van der Waals surface area contributed by atoms with E-state index in [1.807, 2.05) is 19.1 Å². The Labute approximate surface area is 133 Å². The van der Waals surface area contributed by atoms with Crippen LogP contribution in [0.1, 0.15) is 30.6 Å². The zero-order chi connectivity index (χ0) is 15.1. The van der Waals surface area contributed by atoms with Gasteiger partial charge in [-0.25, -0.2) is 0 Å². The van der Waals surface area contributed by atoms with E-state index in [0.717, 1.165) is 48.3 Å². The Morgan fingerprint density at radius 3 is 2.95 bits per heavy atom. The first kappa shape index (κ1) is 16.0. The number of ether oxygens (including phenoxy) is 1. The molecule has 5 nitrogen and oxygen atoms in total. The number of hydrogen-bond acceptors (Lipinski definition) is 5. The van der Waals surface area contributed by atoms with Crippen LogP contribution in [0, 0.1) is 6.92 Å². The Morgan fingerprint density at radius 1 is 1.38 bits per heavy atom. The fourth-order valence-corrected chi connectivity index (χ4v) is 2.31. The summed E-state index contributed by atoms with van der Waals surface area (Å²) in [6.45, 7) is 6.17. The number of nitrogens with one attached hydrogen (secondary N) is 1. The van der Waals surface area contributed by atoms with E-state index in [0.29, 0.717) is 11.7 Å². The van der Waals surface area contributed by atoms with Gasteiger partial charge in [0.15, 0.2) is 5.82 Å². The molecular weight excluding hydrogens is 334 g/mol. The monoisotopic (exact) mass is 353 g/mol. The quantitative estimate of drug-likeness (QED) is 0.738. The van der Waals surface area contributed by atoms with Crippen LogP contribution in [0.25, 0.3) is 0 Å². The van der Waals surface area contributed by atoms with Crippen molar-refractivity contribution in [2.24, 2.45) is 0 Å². The summed E-state index contributed by atoms with van der Waals surface area (Å²) in [4.78, 5) is 4.18. The fraction of sp³-hybridized carbons (Fsp3) is 0.467. The van der Waals surface area contributed by atoms with Crippen LogP contribution in [-0.4, -0.2) is 23.3 Å². The third-order valence-electron chi connectivity index (χ3n) is 2.88. The Kier molecular flexibility index (Phi) is 6.20. The minimum absolute atomic E-state index is 0.664. The highest BCUT2D eigenvalue weighted by Crippen LogP contribution is 2.23. The van der Waals surface area contributed by atoms with Crippen molar-refractivity contribution in [2.45, 2.75) is 33.2 Å². The highest BCUT2D eigenvalue weighted by atomic mass is 79.9. The smallest absolute Gasteiger partial charge is 0.227 e. The molecule has 1 aromatic carbocycles. The highest BCUT2D eigenvalue weighted by molar-refractivity contribution is 9.10. The van der Waals surface area contributed by atoms with Crippen molar-refractivity contribution in [3.05, 3.63) is 40.0 Å². The average Bonchev–Trinajstić information content (AvgIpc) is 2.88. The van der Waals surface area contributed by atoms with Gasteiger partial charge in [0.1, 0.15) is 5.75 Å². The van der Waals surface area contributed by atoms with E-state index in [2.05, 4.69) is 44.4 Å². The molecule has 0 saturated carbocycles. The molecule has 0 fully saturated rings. The van der Waals surface area contributed by atoms with Crippen LogP contribution in [-0.2, 0) is 13.0 Å². The van der Waals surface area contributed by atoms with E-state index in [1.165, 1.54) is 0 Å². The van der Waals surface area contributed by atoms with Crippen LogP contribution in [0.5, 0.6) is 5.75 Å². The maximum Gasteiger partial charge on any atom is 0.227 e. The summed E-state index contributed by atoms with van der Waals surface area (Å²) < 4.78 is 11.9. The molecule has 114 valence electrons. The number of aromatic nitrogens is 2. The molecule has 1 heterocycles. The van der Waals surface area contributed by atoms with Crippen LogP contribution in [0.15, 0.2) is 27.2 Å². The largest absolute Gasteiger partial charge is 0.493 e. The van der Waals surface area contributed by atoms with Crippen molar-refractivity contribution in [1.82, 2.24) is 15.5 Å². The summed E-state index contributed by atoms with van der Waals surface area (Å²) >= 11 is 3.50. The second kappa shape index (κ2) is 8.14. The molecule has 2 rings (SSSR count). The summed E-state index contributed by atoms with van der Waals surface area (Å²) in [6.07, 6.45) is 1.72. The maximum atomic E-state index is 5.76. The number of nitrogens with zero attached hydrogens (tertiary/aromatic N) is 2. The Morgan fingerprint density at radius 2 is 2.24 bits per heavy atom. The second-order valence-corrected chi connectivity index (χ2v) is 5.68. The Balaban J connectivity index is 1.85. The Bertz CT molecular complexity index is 572. The van der Waals surface area contributed by atoms with Gasteiger partial charge in [-0.05, 0) is 31.5 Å². The van der Waals surface area contributed by atoms with Crippen molar-refractivity contribution in [2.75, 3.05) is 13.2 Å². The van der Waals surface area contributed by atoms with Gasteiger partial charge in [0.25, 0.3) is 0 Å². The molecule has 0 atom stereocenters. The van der Waals surface area contributed by atoms with Crippen molar-refractivity contribution >= 4 is 15.9 Å². The molecule has 1 aromatic heterocycles. The van der Waals surface area contributed by atoms with Gasteiger partial charge in [-0.3, -0.25) is 0 Å². The minimum Gasteiger partial charge on any atom is -0.493 e. The zero-order valence-electron chi connectivity index (χ0n) is 12.4. The summed E-state index contributed by atoms with van der Waals surface area (Å²) in [6, 6.07) is 6.07. The summed E-state index contributed by atoms with van der Waals surface area (Å²) in [7, 11) is 0. The molecule has 0 spiro atoms. The molecule has 2 aromatic rings. The standard InChI is InChI=1S/C15H20BrN3O2/c1-3-8-20-14-5-4-13(16)9-12(14)10-17-7-6-15-18-11(2)19-21-15/h4-5,9,17H,3,6-8,10H2,1-2H3. The molecule has 0 bridgehead atoms. The lowest BCUT2D eigenvalue weighted by atomic mass is 10.2. The van der Waals surface area contributed by atoms with Gasteiger partial charge in [0, 0.05) is 29.5 Å². The lowest BCUT2D eigenvalue weighted by Crippen LogP contribution is -2.17. The number of rotatable bonds is 8. The highest BCUT2D eigenvalue weighted by Gasteiger charge is 2.06. The van der Waals surface area contributed by atoms with Gasteiger partial charge in [-0.1, -0.05) is 28.0 Å². The van der Waals surface area contributed by atoms with E-state index in [1.54, 1.807) is 0 Å². The van der Waals surface area contributed by atoms with Gasteiger partial charge in [0.2, 0.25) is 5.89 Å². The lowest BCUT2D eigenvalue weighted by molar-refractivity contribution is 0.313. The summed E-state index contributed by atoms with van der Waals surface area (Å²) in [5.74, 6) is 2.27. The minimum atomic E-state index is 0.664. The van der Waals surface area contributed by atoms with Crippen LogP contribution in [0.4, 0.5) is 0 Å². The van der Waals surface area contributed by atoms with Crippen LogP contribution in [0.3, 0.4) is 0 Å². The normalized spacial score (nSPS) is 10.8. The van der Waals surface area contributed by atoms with Crippen molar-refractivity contribution < 1.29 is 9.26 Å². The number of halogens is 1. The van der Waals surface area contributed by atoms with E-state index >= 15 is 0 Å². The molecule has 0 aliphatic carbocycles. The zero-order valence-corrected chi connectivity index (χ0v) is 13.9. The van der Waals surface area contributed by atoms with Crippen molar-refractivity contribution in [3.8, 4) is 5.75 Å². The first-order valence-corrected chi connectivity index (χ1v) is 7.89. The van der Waals surface area contributed by atoms with E-state index in [-0.39, 0.29) is 0 Å². The predicted octanol–water partition coefficient (Wildman–Crippen LogP) is 3.26. The van der Waals surface area contributed by atoms with Crippen molar-refractivity contribution in [1.29, 1.82) is 0 Å². The molecule has 0 radical (unpaired) electrons. The predicted molar refractivity (Wildman–Crippen MR) is 84.4 cm³/mol. The van der Waals surface area contributed by atoms with E-state index in [9.17, 15) is 0 Å². The molecule has 21 heavy (non-hydrogen) atoms. The fourth-order valence-electron chi connectivity index (χ4n) is 1.90. The molecule has 0 saturated heterocycles. The first-order valence-electron chi connectivity index (χ1n) is 7.10. The Hall–Kier alpha value is -1.40. The maximum absolute atomic E-state index is 5.76. The topological polar surface area (TPSA) is 60.2 Å². The molecule has 1 N–H and O–H groups in total. The second-order valence-electron chi connectivity index (χ2n) is 4.76.